The van der Waals surface area contributed by atoms with Crippen LogP contribution in [0, 0.1) is 11.8 Å². The molecule has 3 aromatic rings. The van der Waals surface area contributed by atoms with Gasteiger partial charge in [-0.25, -0.2) is 9.67 Å². The van der Waals surface area contributed by atoms with E-state index in [1.165, 1.54) is 0 Å². The van der Waals surface area contributed by atoms with Crippen LogP contribution >= 0.6 is 0 Å². The van der Waals surface area contributed by atoms with E-state index in [0.29, 0.717) is 48.7 Å². The van der Waals surface area contributed by atoms with Gasteiger partial charge in [0, 0.05) is 6.42 Å². The van der Waals surface area contributed by atoms with E-state index in [-0.39, 0.29) is 24.4 Å². The van der Waals surface area contributed by atoms with Crippen LogP contribution in [0.5, 0.6) is 5.75 Å². The average molecular weight is 616 g/mol. The van der Waals surface area contributed by atoms with Gasteiger partial charge in [0.05, 0.1) is 18.1 Å². The Morgan fingerprint density at radius 2 is 1.69 bits per heavy atom. The molecule has 0 unspecified atom stereocenters. The zero-order valence-corrected chi connectivity index (χ0v) is 26.4. The Hall–Kier alpha value is -4.25. The Labute approximate surface area is 264 Å². The standard InChI is InChI=1S/C34H45N7O4/c1-21(2)15-26-20-45-27-13-11-24(12-14-27)16-28(35)34(44)36-22(3)33(43)38-29(17-23-7-5-4-6-8-23)32-39-30(18-25-9-10-25)40-41(32)19-31(42)37-26/h4-8,11-14,21-22,25-26,28-29H,9-10,15-20,35H2,1-3H3,(H,36,44)(H,37,42)(H,38,43)/t22-,26+,28+,29-/m1/s1. The summed E-state index contributed by atoms with van der Waals surface area (Å²) >= 11 is 0. The maximum Gasteiger partial charge on any atom is 0.242 e. The highest BCUT2D eigenvalue weighted by Gasteiger charge is 2.30. The first-order valence-electron chi connectivity index (χ1n) is 16.0. The summed E-state index contributed by atoms with van der Waals surface area (Å²) in [6, 6.07) is 14.7. The molecule has 2 aliphatic heterocycles. The molecule has 1 aromatic heterocycles. The Balaban J connectivity index is 1.47. The SMILES string of the molecule is CC(C)C[C@H]1COc2ccc(cc2)C[C@H](N)C(=O)N[C@H](C)C(=O)N[C@H](Cc2ccccc2)c2nc(CC3CC3)nn2CC(=O)N1. The highest BCUT2D eigenvalue weighted by atomic mass is 16.5. The normalized spacial score (nSPS) is 23.4. The highest BCUT2D eigenvalue weighted by Crippen LogP contribution is 2.32. The van der Waals surface area contributed by atoms with Gasteiger partial charge in [0.15, 0.2) is 11.6 Å². The molecule has 45 heavy (non-hydrogen) atoms. The van der Waals surface area contributed by atoms with E-state index in [9.17, 15) is 14.4 Å². The number of amides is 3. The zero-order chi connectivity index (χ0) is 31.9. The lowest BCUT2D eigenvalue weighted by molar-refractivity contribution is -0.129. The van der Waals surface area contributed by atoms with E-state index in [4.69, 9.17) is 20.6 Å². The van der Waals surface area contributed by atoms with Crippen molar-refractivity contribution >= 4 is 17.7 Å². The van der Waals surface area contributed by atoms with Gasteiger partial charge in [-0.1, -0.05) is 56.3 Å². The van der Waals surface area contributed by atoms with Gasteiger partial charge in [-0.2, -0.15) is 5.10 Å². The molecule has 4 atom stereocenters. The van der Waals surface area contributed by atoms with Crippen LogP contribution in [-0.4, -0.2) is 57.2 Å². The molecule has 1 fully saturated rings. The van der Waals surface area contributed by atoms with Gasteiger partial charge in [-0.05, 0) is 74.1 Å². The molecule has 2 bridgehead atoms. The molecule has 1 aliphatic carbocycles. The summed E-state index contributed by atoms with van der Waals surface area (Å²) in [7, 11) is 0. The molecule has 6 rings (SSSR count). The molecule has 0 radical (unpaired) electrons. The number of aromatic nitrogens is 3. The molecule has 1 saturated carbocycles. The molecule has 3 aliphatic rings. The number of nitrogens with zero attached hydrogens (tertiary/aromatic N) is 3. The second kappa shape index (κ2) is 14.7. The number of fused-ring (bicyclic) bond motifs is 14. The third-order valence-corrected chi connectivity index (χ3v) is 8.16. The molecule has 0 spiro atoms. The maximum absolute atomic E-state index is 13.5. The van der Waals surface area contributed by atoms with Crippen LogP contribution < -0.4 is 26.4 Å². The van der Waals surface area contributed by atoms with Gasteiger partial charge in [0.2, 0.25) is 17.7 Å². The van der Waals surface area contributed by atoms with Gasteiger partial charge in [0.1, 0.15) is 24.9 Å². The van der Waals surface area contributed by atoms with Crippen LogP contribution in [0.2, 0.25) is 0 Å². The largest absolute Gasteiger partial charge is 0.491 e. The van der Waals surface area contributed by atoms with Crippen molar-refractivity contribution in [3.63, 3.8) is 0 Å². The van der Waals surface area contributed by atoms with Gasteiger partial charge in [0.25, 0.3) is 0 Å². The Bertz CT molecular complexity index is 1450. The molecule has 3 heterocycles. The average Bonchev–Trinajstić information content (AvgIpc) is 3.73. The summed E-state index contributed by atoms with van der Waals surface area (Å²) in [4.78, 5) is 44.9. The van der Waals surface area contributed by atoms with Crippen molar-refractivity contribution in [3.8, 4) is 5.75 Å². The second-order valence-electron chi connectivity index (χ2n) is 12.8. The minimum atomic E-state index is -0.856. The molecule has 2 aromatic carbocycles. The Kier molecular flexibility index (Phi) is 10.5. The van der Waals surface area contributed by atoms with Crippen LogP contribution in [0.15, 0.2) is 54.6 Å². The molecular weight excluding hydrogens is 570 g/mol. The minimum Gasteiger partial charge on any atom is -0.491 e. The third kappa shape index (κ3) is 9.37. The molecular formula is C34H45N7O4. The van der Waals surface area contributed by atoms with E-state index >= 15 is 0 Å². The lowest BCUT2D eigenvalue weighted by Gasteiger charge is -2.24. The van der Waals surface area contributed by atoms with Crippen molar-refractivity contribution in [2.45, 2.75) is 90.0 Å². The molecule has 0 saturated heterocycles. The van der Waals surface area contributed by atoms with Crippen LogP contribution in [0.25, 0.3) is 0 Å². The van der Waals surface area contributed by atoms with Gasteiger partial charge in [-0.3, -0.25) is 14.4 Å². The first kappa shape index (κ1) is 32.2. The first-order valence-corrected chi connectivity index (χ1v) is 16.0. The number of benzene rings is 2. The highest BCUT2D eigenvalue weighted by molar-refractivity contribution is 5.89. The van der Waals surface area contributed by atoms with E-state index in [1.807, 2.05) is 54.6 Å². The lowest BCUT2D eigenvalue weighted by Crippen LogP contribution is -2.51. The summed E-state index contributed by atoms with van der Waals surface area (Å²) in [5.74, 6) is 1.67. The first-order chi connectivity index (χ1) is 21.6. The quantitative estimate of drug-likeness (QED) is 0.333. The van der Waals surface area contributed by atoms with Gasteiger partial charge < -0.3 is 26.4 Å². The number of nitrogens with one attached hydrogen (secondary N) is 3. The van der Waals surface area contributed by atoms with Crippen molar-refractivity contribution in [2.24, 2.45) is 17.6 Å². The number of carbonyl (C=O) groups is 3. The van der Waals surface area contributed by atoms with E-state index in [2.05, 4.69) is 29.8 Å². The second-order valence-corrected chi connectivity index (χ2v) is 12.8. The molecule has 240 valence electrons. The van der Waals surface area contributed by atoms with Crippen molar-refractivity contribution in [2.75, 3.05) is 6.61 Å². The van der Waals surface area contributed by atoms with Crippen LogP contribution in [0.4, 0.5) is 0 Å². The van der Waals surface area contributed by atoms with Crippen molar-refractivity contribution in [1.29, 1.82) is 0 Å². The van der Waals surface area contributed by atoms with Crippen molar-refractivity contribution in [1.82, 2.24) is 30.7 Å². The molecule has 11 nitrogen and oxygen atoms in total. The zero-order valence-electron chi connectivity index (χ0n) is 26.4. The summed E-state index contributed by atoms with van der Waals surface area (Å²) in [6.45, 7) is 6.08. The predicted molar refractivity (Wildman–Crippen MR) is 170 cm³/mol. The van der Waals surface area contributed by atoms with Crippen molar-refractivity contribution in [3.05, 3.63) is 77.4 Å². The molecule has 5 N–H and O–H groups in total. The number of hydrogen-bond donors (Lipinski definition) is 4. The van der Waals surface area contributed by atoms with E-state index < -0.39 is 24.0 Å². The summed E-state index contributed by atoms with van der Waals surface area (Å²) < 4.78 is 7.69. The van der Waals surface area contributed by atoms with Crippen LogP contribution in [-0.2, 0) is 40.2 Å². The van der Waals surface area contributed by atoms with Crippen LogP contribution in [0.1, 0.15) is 68.9 Å². The van der Waals surface area contributed by atoms with Crippen LogP contribution in [0.3, 0.4) is 0 Å². The number of hydrogen-bond acceptors (Lipinski definition) is 7. The smallest absolute Gasteiger partial charge is 0.242 e. The fourth-order valence-electron chi connectivity index (χ4n) is 5.60. The minimum absolute atomic E-state index is 0.0569. The Morgan fingerprint density at radius 1 is 0.956 bits per heavy atom. The summed E-state index contributed by atoms with van der Waals surface area (Å²) in [5.41, 5.74) is 8.10. The van der Waals surface area contributed by atoms with E-state index in [1.54, 1.807) is 11.6 Å². The number of carbonyl (C=O) groups excluding carboxylic acids is 3. The van der Waals surface area contributed by atoms with Gasteiger partial charge >= 0.3 is 0 Å². The fraction of sp³-hybridized carbons (Fsp3) is 0.500. The van der Waals surface area contributed by atoms with E-state index in [0.717, 1.165) is 36.8 Å². The lowest BCUT2D eigenvalue weighted by atomic mass is 10.0. The molecule has 11 heteroatoms. The molecule has 3 amide bonds. The third-order valence-electron chi connectivity index (χ3n) is 8.16. The van der Waals surface area contributed by atoms with Crippen molar-refractivity contribution < 1.29 is 19.1 Å². The fourth-order valence-corrected chi connectivity index (χ4v) is 5.60. The maximum atomic E-state index is 13.5. The monoisotopic (exact) mass is 615 g/mol. The predicted octanol–water partition coefficient (Wildman–Crippen LogP) is 2.63. The number of rotatable bonds is 6. The number of ether oxygens (including phenoxy) is 1. The number of nitrogens with two attached hydrogens (primary N) is 1. The van der Waals surface area contributed by atoms with Gasteiger partial charge in [-0.15, -0.1) is 0 Å². The topological polar surface area (TPSA) is 153 Å². The Morgan fingerprint density at radius 3 is 2.38 bits per heavy atom. The summed E-state index contributed by atoms with van der Waals surface area (Å²) in [5, 5.41) is 13.8. The summed E-state index contributed by atoms with van der Waals surface area (Å²) in [6.07, 6.45) is 4.45.